The van der Waals surface area contributed by atoms with E-state index >= 15 is 0 Å². The number of aryl methyl sites for hydroxylation is 1. The molecule has 0 atom stereocenters. The molecule has 0 aliphatic heterocycles. The minimum absolute atomic E-state index is 0.0606. The molecule has 6 heteroatoms. The third kappa shape index (κ3) is 5.09. The van der Waals surface area contributed by atoms with Crippen molar-refractivity contribution >= 4 is 35.2 Å². The smallest absolute Gasteiger partial charge is 0.272 e. The number of hydrogen-bond acceptors (Lipinski definition) is 3. The topological polar surface area (TPSA) is 71.3 Å². The first-order valence-electron chi connectivity index (χ1n) is 8.21. The lowest BCUT2D eigenvalue weighted by Crippen LogP contribution is -2.30. The summed E-state index contributed by atoms with van der Waals surface area (Å²) in [5.41, 5.74) is 2.11. The summed E-state index contributed by atoms with van der Waals surface area (Å²) >= 11 is 5.86. The van der Waals surface area contributed by atoms with Gasteiger partial charge in [0.05, 0.1) is 6.26 Å². The molecule has 0 saturated carbocycles. The standard InChI is InChI=1S/C21H17ClN2O3/c1-14-4-6-15(7-5-14)20(25)24-19(13-18-3-2-12-27-18)21(26)23-17-10-8-16(22)9-11-17/h2-13H,1H3,(H,23,26)(H,24,25)/b19-13+. The van der Waals surface area contributed by atoms with E-state index in [1.54, 1.807) is 48.5 Å². The fourth-order valence-electron chi connectivity index (χ4n) is 2.31. The Hall–Kier alpha value is -3.31. The van der Waals surface area contributed by atoms with Gasteiger partial charge in [-0.2, -0.15) is 0 Å². The second kappa shape index (κ2) is 8.38. The molecule has 0 saturated heterocycles. The molecule has 0 unspecified atom stereocenters. The van der Waals surface area contributed by atoms with Crippen LogP contribution in [0.2, 0.25) is 5.02 Å². The average Bonchev–Trinajstić information content (AvgIpc) is 3.16. The molecule has 3 aromatic rings. The molecule has 0 bridgehead atoms. The first kappa shape index (κ1) is 18.5. The van der Waals surface area contributed by atoms with Gasteiger partial charge < -0.3 is 15.1 Å². The molecule has 3 rings (SSSR count). The van der Waals surface area contributed by atoms with Crippen molar-refractivity contribution in [3.63, 3.8) is 0 Å². The van der Waals surface area contributed by atoms with E-state index in [0.717, 1.165) is 5.56 Å². The third-order valence-electron chi connectivity index (χ3n) is 3.74. The highest BCUT2D eigenvalue weighted by atomic mass is 35.5. The highest BCUT2D eigenvalue weighted by Gasteiger charge is 2.15. The SMILES string of the molecule is Cc1ccc(C(=O)N/C(=C/c2ccco2)C(=O)Nc2ccc(Cl)cc2)cc1. The number of anilines is 1. The van der Waals surface area contributed by atoms with Crippen molar-refractivity contribution in [1.82, 2.24) is 5.32 Å². The molecule has 0 fully saturated rings. The van der Waals surface area contributed by atoms with Gasteiger partial charge in [-0.3, -0.25) is 9.59 Å². The van der Waals surface area contributed by atoms with E-state index in [0.29, 0.717) is 22.0 Å². The van der Waals surface area contributed by atoms with Gasteiger partial charge >= 0.3 is 0 Å². The maximum Gasteiger partial charge on any atom is 0.272 e. The molecule has 2 N–H and O–H groups in total. The summed E-state index contributed by atoms with van der Waals surface area (Å²) in [6.07, 6.45) is 2.96. The summed E-state index contributed by atoms with van der Waals surface area (Å²) in [5, 5.41) is 5.93. The Morgan fingerprint density at radius 1 is 1.00 bits per heavy atom. The highest BCUT2D eigenvalue weighted by Crippen LogP contribution is 2.15. The third-order valence-corrected chi connectivity index (χ3v) is 3.99. The van der Waals surface area contributed by atoms with Crippen molar-refractivity contribution in [2.24, 2.45) is 0 Å². The van der Waals surface area contributed by atoms with Crippen molar-refractivity contribution in [2.45, 2.75) is 6.92 Å². The average molecular weight is 381 g/mol. The largest absolute Gasteiger partial charge is 0.465 e. The molecule has 1 aromatic heterocycles. The molecule has 1 heterocycles. The summed E-state index contributed by atoms with van der Waals surface area (Å²) in [5.74, 6) is -0.422. The van der Waals surface area contributed by atoms with Crippen LogP contribution in [0.3, 0.4) is 0 Å². The van der Waals surface area contributed by atoms with Crippen LogP contribution in [-0.2, 0) is 4.79 Å². The molecule has 0 radical (unpaired) electrons. The van der Waals surface area contributed by atoms with Gasteiger partial charge in [-0.25, -0.2) is 0 Å². The molecular formula is C21H17ClN2O3. The van der Waals surface area contributed by atoms with E-state index in [4.69, 9.17) is 16.0 Å². The molecule has 0 aliphatic carbocycles. The summed E-state index contributed by atoms with van der Waals surface area (Å²) in [7, 11) is 0. The summed E-state index contributed by atoms with van der Waals surface area (Å²) in [6.45, 7) is 1.93. The minimum atomic E-state index is -0.478. The molecule has 136 valence electrons. The van der Waals surface area contributed by atoms with E-state index in [9.17, 15) is 9.59 Å². The number of rotatable bonds is 5. The molecule has 0 aliphatic rings. The normalized spacial score (nSPS) is 11.1. The number of amides is 2. The van der Waals surface area contributed by atoms with Crippen LogP contribution in [0.1, 0.15) is 21.7 Å². The van der Waals surface area contributed by atoms with E-state index in [2.05, 4.69) is 10.6 Å². The van der Waals surface area contributed by atoms with E-state index < -0.39 is 5.91 Å². The quantitative estimate of drug-likeness (QED) is 0.633. The van der Waals surface area contributed by atoms with Crippen LogP contribution in [0.25, 0.3) is 6.08 Å². The van der Waals surface area contributed by atoms with Crippen LogP contribution in [0.5, 0.6) is 0 Å². The van der Waals surface area contributed by atoms with Crippen LogP contribution in [-0.4, -0.2) is 11.8 Å². The van der Waals surface area contributed by atoms with Crippen molar-refractivity contribution in [3.05, 3.63) is 94.5 Å². The lowest BCUT2D eigenvalue weighted by molar-refractivity contribution is -0.113. The maximum absolute atomic E-state index is 12.7. The van der Waals surface area contributed by atoms with Crippen LogP contribution in [0.15, 0.2) is 77.0 Å². The lowest BCUT2D eigenvalue weighted by Gasteiger charge is -2.11. The molecule has 2 amide bonds. The minimum Gasteiger partial charge on any atom is -0.465 e. The van der Waals surface area contributed by atoms with Crippen molar-refractivity contribution in [1.29, 1.82) is 0 Å². The Labute approximate surface area is 161 Å². The number of carbonyl (C=O) groups is 2. The Balaban J connectivity index is 1.82. The second-order valence-electron chi connectivity index (χ2n) is 5.85. The van der Waals surface area contributed by atoms with Crippen LogP contribution in [0, 0.1) is 6.92 Å². The molecule has 27 heavy (non-hydrogen) atoms. The Bertz CT molecular complexity index is 960. The maximum atomic E-state index is 12.7. The van der Waals surface area contributed by atoms with Crippen LogP contribution in [0.4, 0.5) is 5.69 Å². The predicted octanol–water partition coefficient (Wildman–Crippen LogP) is 4.65. The first-order valence-corrected chi connectivity index (χ1v) is 8.59. The second-order valence-corrected chi connectivity index (χ2v) is 6.29. The molecule has 0 spiro atoms. The monoisotopic (exact) mass is 380 g/mol. The molecular weight excluding hydrogens is 364 g/mol. The fourth-order valence-corrected chi connectivity index (χ4v) is 2.43. The van der Waals surface area contributed by atoms with E-state index in [1.807, 2.05) is 19.1 Å². The molecule has 2 aromatic carbocycles. The van der Waals surface area contributed by atoms with Crippen molar-refractivity contribution < 1.29 is 14.0 Å². The number of halogens is 1. The summed E-state index contributed by atoms with van der Waals surface area (Å²) < 4.78 is 5.26. The highest BCUT2D eigenvalue weighted by molar-refractivity contribution is 6.30. The lowest BCUT2D eigenvalue weighted by atomic mass is 10.1. The predicted molar refractivity (Wildman–Crippen MR) is 105 cm³/mol. The van der Waals surface area contributed by atoms with Gasteiger partial charge in [0.25, 0.3) is 11.8 Å². The van der Waals surface area contributed by atoms with Crippen LogP contribution < -0.4 is 10.6 Å². The Morgan fingerprint density at radius 3 is 2.33 bits per heavy atom. The van der Waals surface area contributed by atoms with Gasteiger partial charge in [-0.1, -0.05) is 29.3 Å². The van der Waals surface area contributed by atoms with E-state index in [-0.39, 0.29) is 11.6 Å². The zero-order valence-electron chi connectivity index (χ0n) is 14.5. The molecule has 5 nitrogen and oxygen atoms in total. The Morgan fingerprint density at radius 2 is 1.70 bits per heavy atom. The number of benzene rings is 2. The van der Waals surface area contributed by atoms with Gasteiger partial charge in [0.15, 0.2) is 0 Å². The van der Waals surface area contributed by atoms with Gasteiger partial charge in [-0.15, -0.1) is 0 Å². The van der Waals surface area contributed by atoms with Gasteiger partial charge in [0, 0.05) is 22.3 Å². The van der Waals surface area contributed by atoms with Gasteiger partial charge in [0.2, 0.25) is 0 Å². The van der Waals surface area contributed by atoms with Crippen molar-refractivity contribution in [3.8, 4) is 0 Å². The number of hydrogen-bond donors (Lipinski definition) is 2. The van der Waals surface area contributed by atoms with Gasteiger partial charge in [0.1, 0.15) is 11.5 Å². The first-order chi connectivity index (χ1) is 13.0. The zero-order valence-corrected chi connectivity index (χ0v) is 15.3. The van der Waals surface area contributed by atoms with Crippen LogP contribution >= 0.6 is 11.6 Å². The van der Waals surface area contributed by atoms with Gasteiger partial charge in [-0.05, 0) is 55.5 Å². The zero-order chi connectivity index (χ0) is 19.2. The summed E-state index contributed by atoms with van der Waals surface area (Å²) in [6, 6.07) is 17.1. The fraction of sp³-hybridized carbons (Fsp3) is 0.0476. The number of furan rings is 1. The Kier molecular flexibility index (Phi) is 5.74. The number of carbonyl (C=O) groups excluding carboxylic acids is 2. The number of nitrogens with one attached hydrogen (secondary N) is 2. The summed E-state index contributed by atoms with van der Waals surface area (Å²) in [4.78, 5) is 25.2. The van der Waals surface area contributed by atoms with Crippen molar-refractivity contribution in [2.75, 3.05) is 5.32 Å². The van der Waals surface area contributed by atoms with E-state index in [1.165, 1.54) is 12.3 Å².